The van der Waals surface area contributed by atoms with Crippen LogP contribution in [0, 0.1) is 5.92 Å². The molecule has 2 atom stereocenters. The van der Waals surface area contributed by atoms with Crippen LogP contribution in [0.4, 0.5) is 0 Å². The molecule has 0 bridgehead atoms. The molecule has 4 N–H and O–H groups in total. The van der Waals surface area contributed by atoms with E-state index >= 15 is 0 Å². The second kappa shape index (κ2) is 11.1. The number of hydrazone groups is 1. The van der Waals surface area contributed by atoms with Crippen LogP contribution < -0.4 is 15.5 Å². The summed E-state index contributed by atoms with van der Waals surface area (Å²) in [6, 6.07) is 13.8. The molecule has 0 spiro atoms. The molecule has 1 aromatic heterocycles. The molecule has 178 valence electrons. The van der Waals surface area contributed by atoms with E-state index in [-0.39, 0.29) is 18.4 Å². The number of aliphatic hydroxyl groups is 1. The zero-order valence-electron chi connectivity index (χ0n) is 19.4. The lowest BCUT2D eigenvalue weighted by atomic mass is 9.94. The number of H-pyrrole nitrogens is 1. The molecule has 0 fully saturated rings. The number of ether oxygens (including phenoxy) is 1. The van der Waals surface area contributed by atoms with Crippen molar-refractivity contribution >= 4 is 22.7 Å². The van der Waals surface area contributed by atoms with Crippen molar-refractivity contribution in [3.8, 4) is 5.75 Å². The summed E-state index contributed by atoms with van der Waals surface area (Å²) in [4.78, 5) is 19.5. The summed E-state index contributed by atoms with van der Waals surface area (Å²) in [5.74, 6) is 1.66. The van der Waals surface area contributed by atoms with E-state index in [0.717, 1.165) is 45.9 Å². The Morgan fingerprint density at radius 2 is 2.18 bits per heavy atom. The van der Waals surface area contributed by atoms with Crippen LogP contribution in [0.15, 0.2) is 60.2 Å². The average Bonchev–Trinajstić information content (AvgIpc) is 3.23. The van der Waals surface area contributed by atoms with Gasteiger partial charge in [-0.05, 0) is 30.2 Å². The normalized spacial score (nSPS) is 16.7. The van der Waals surface area contributed by atoms with E-state index in [0.29, 0.717) is 25.9 Å². The first kappa shape index (κ1) is 23.7. The van der Waals surface area contributed by atoms with Gasteiger partial charge in [-0.15, -0.1) is 6.58 Å². The molecule has 1 aliphatic heterocycles. The van der Waals surface area contributed by atoms with Crippen molar-refractivity contribution in [3.05, 3.63) is 72.1 Å². The topological polar surface area (TPSA) is 112 Å². The number of rotatable bonds is 11. The van der Waals surface area contributed by atoms with E-state index < -0.39 is 6.10 Å². The number of aliphatic hydroxyl groups excluding tert-OH is 1. The molecule has 8 nitrogen and oxygen atoms in total. The molecule has 2 aromatic carbocycles. The fourth-order valence-corrected chi connectivity index (χ4v) is 4.03. The average molecular weight is 462 g/mol. The molecule has 0 radical (unpaired) electrons. The molecule has 3 aromatic rings. The molecule has 4 rings (SSSR count). The summed E-state index contributed by atoms with van der Waals surface area (Å²) in [7, 11) is 0. The zero-order chi connectivity index (χ0) is 23.9. The van der Waals surface area contributed by atoms with Crippen LogP contribution in [0.5, 0.6) is 5.75 Å². The minimum atomic E-state index is -0.617. The third-order valence-electron chi connectivity index (χ3n) is 5.77. The highest BCUT2D eigenvalue weighted by molar-refractivity contribution is 6.07. The van der Waals surface area contributed by atoms with Crippen molar-refractivity contribution in [1.82, 2.24) is 20.7 Å². The predicted octanol–water partition coefficient (Wildman–Crippen LogP) is 2.72. The molecule has 0 saturated heterocycles. The molecule has 2 heterocycles. The van der Waals surface area contributed by atoms with Crippen molar-refractivity contribution in [2.75, 3.05) is 19.7 Å². The van der Waals surface area contributed by atoms with Crippen LogP contribution in [0.3, 0.4) is 0 Å². The van der Waals surface area contributed by atoms with Crippen molar-refractivity contribution in [2.24, 2.45) is 11.0 Å². The van der Waals surface area contributed by atoms with Crippen LogP contribution in [-0.4, -0.2) is 52.5 Å². The van der Waals surface area contributed by atoms with E-state index in [2.05, 4.69) is 27.4 Å². The third kappa shape index (κ3) is 5.89. The fraction of sp³-hybridized carbons (Fsp3) is 0.346. The summed E-state index contributed by atoms with van der Waals surface area (Å²) in [5, 5.41) is 17.8. The van der Waals surface area contributed by atoms with Gasteiger partial charge in [-0.3, -0.25) is 4.79 Å². The van der Waals surface area contributed by atoms with E-state index in [1.54, 1.807) is 0 Å². The molecule has 0 aliphatic carbocycles. The lowest BCUT2D eigenvalue weighted by Crippen LogP contribution is -2.32. The number of nitrogens with zero attached hydrogens (tertiary/aromatic N) is 2. The van der Waals surface area contributed by atoms with Crippen LogP contribution in [0.2, 0.25) is 0 Å². The highest BCUT2D eigenvalue weighted by Crippen LogP contribution is 2.21. The van der Waals surface area contributed by atoms with Crippen molar-refractivity contribution in [2.45, 2.75) is 32.3 Å². The SMILES string of the molecule is C=CCc1ccccc1OCC(O)CNCCc1nc2cc(C3=NNC(=O)CC3C)ccc2[nH]1. The maximum Gasteiger partial charge on any atom is 0.240 e. The molecule has 1 amide bonds. The number of imidazole rings is 1. The number of hydrogen-bond donors (Lipinski definition) is 4. The standard InChI is InChI=1S/C26H31N5O3/c1-3-6-18-7-4-5-8-23(18)34-16-20(32)15-27-12-11-24-28-21-10-9-19(14-22(21)29-24)26-17(2)13-25(33)30-31-26/h3-5,7-10,14,17,20,27,32H,1,6,11-13,15-16H2,2H3,(H,28,29)(H,30,33). The second-order valence-corrected chi connectivity index (χ2v) is 8.57. The minimum Gasteiger partial charge on any atom is -0.491 e. The van der Waals surface area contributed by atoms with Gasteiger partial charge in [0.1, 0.15) is 24.3 Å². The number of benzene rings is 2. The van der Waals surface area contributed by atoms with Crippen LogP contribution in [0.25, 0.3) is 11.0 Å². The number of aromatic amines is 1. The largest absolute Gasteiger partial charge is 0.491 e. The number of allylic oxidation sites excluding steroid dienone is 1. The third-order valence-corrected chi connectivity index (χ3v) is 5.77. The first-order valence-electron chi connectivity index (χ1n) is 11.6. The first-order valence-corrected chi connectivity index (χ1v) is 11.6. The number of carbonyl (C=O) groups excluding carboxylic acids is 1. The van der Waals surface area contributed by atoms with Gasteiger partial charge in [0.25, 0.3) is 0 Å². The van der Waals surface area contributed by atoms with Gasteiger partial charge in [0.05, 0.1) is 16.7 Å². The maximum atomic E-state index is 11.5. The van der Waals surface area contributed by atoms with Gasteiger partial charge in [0.2, 0.25) is 5.91 Å². The van der Waals surface area contributed by atoms with Gasteiger partial charge in [0.15, 0.2) is 0 Å². The number of para-hydroxylation sites is 1. The van der Waals surface area contributed by atoms with Gasteiger partial charge in [-0.2, -0.15) is 5.10 Å². The van der Waals surface area contributed by atoms with Gasteiger partial charge < -0.3 is 20.1 Å². The highest BCUT2D eigenvalue weighted by atomic mass is 16.5. The predicted molar refractivity (Wildman–Crippen MR) is 133 cm³/mol. The Labute approximate surface area is 199 Å². The lowest BCUT2D eigenvalue weighted by molar-refractivity contribution is -0.121. The fourth-order valence-electron chi connectivity index (χ4n) is 4.03. The molecular formula is C26H31N5O3. The zero-order valence-corrected chi connectivity index (χ0v) is 19.4. The Kier molecular flexibility index (Phi) is 7.72. The molecular weight excluding hydrogens is 430 g/mol. The number of hydrogen-bond acceptors (Lipinski definition) is 6. The highest BCUT2D eigenvalue weighted by Gasteiger charge is 2.22. The molecule has 2 unspecified atom stereocenters. The summed E-state index contributed by atoms with van der Waals surface area (Å²) >= 11 is 0. The Hall–Kier alpha value is -3.49. The van der Waals surface area contributed by atoms with Crippen molar-refractivity contribution in [3.63, 3.8) is 0 Å². The lowest BCUT2D eigenvalue weighted by Gasteiger charge is -2.18. The Bertz CT molecular complexity index is 1190. The van der Waals surface area contributed by atoms with Crippen LogP contribution in [0.1, 0.15) is 30.3 Å². The number of nitrogens with one attached hydrogen (secondary N) is 3. The number of fused-ring (bicyclic) bond motifs is 1. The number of carbonyl (C=O) groups is 1. The van der Waals surface area contributed by atoms with Crippen molar-refractivity contribution < 1.29 is 14.6 Å². The first-order chi connectivity index (χ1) is 16.5. The van der Waals surface area contributed by atoms with Gasteiger partial charge in [-0.25, -0.2) is 10.4 Å². The van der Waals surface area contributed by atoms with E-state index in [1.807, 2.05) is 55.5 Å². The minimum absolute atomic E-state index is 0.0546. The van der Waals surface area contributed by atoms with Gasteiger partial charge in [-0.1, -0.05) is 37.3 Å². The summed E-state index contributed by atoms with van der Waals surface area (Å²) in [5.41, 5.74) is 7.28. The Morgan fingerprint density at radius 1 is 1.32 bits per heavy atom. The molecule has 34 heavy (non-hydrogen) atoms. The number of amides is 1. The van der Waals surface area contributed by atoms with Crippen molar-refractivity contribution in [1.29, 1.82) is 0 Å². The number of aromatic nitrogens is 2. The van der Waals surface area contributed by atoms with Crippen LogP contribution >= 0.6 is 0 Å². The quantitative estimate of drug-likeness (QED) is 0.259. The summed E-state index contributed by atoms with van der Waals surface area (Å²) < 4.78 is 5.79. The van der Waals surface area contributed by atoms with Gasteiger partial charge >= 0.3 is 0 Å². The molecule has 8 heteroatoms. The van der Waals surface area contributed by atoms with E-state index in [9.17, 15) is 9.90 Å². The maximum absolute atomic E-state index is 11.5. The molecule has 0 saturated carbocycles. The Balaban J connectivity index is 1.25. The second-order valence-electron chi connectivity index (χ2n) is 8.57. The van der Waals surface area contributed by atoms with Crippen LogP contribution in [-0.2, 0) is 17.6 Å². The molecule has 1 aliphatic rings. The smallest absolute Gasteiger partial charge is 0.240 e. The monoisotopic (exact) mass is 461 g/mol. The van der Waals surface area contributed by atoms with E-state index in [1.165, 1.54) is 0 Å². The van der Waals surface area contributed by atoms with E-state index in [4.69, 9.17) is 9.72 Å². The summed E-state index contributed by atoms with van der Waals surface area (Å²) in [6.45, 7) is 7.09. The summed E-state index contributed by atoms with van der Waals surface area (Å²) in [6.07, 6.45) is 3.09. The van der Waals surface area contributed by atoms with Gasteiger partial charge in [0, 0.05) is 37.4 Å². The Morgan fingerprint density at radius 3 is 3.00 bits per heavy atom.